The van der Waals surface area contributed by atoms with Crippen molar-refractivity contribution in [2.45, 2.75) is 25.8 Å². The average molecular weight is 384 g/mol. The maximum atomic E-state index is 12.0. The number of nitrogens with zero attached hydrogens (tertiary/aromatic N) is 1. The zero-order chi connectivity index (χ0) is 16.7. The molecule has 1 aliphatic rings. The Kier molecular flexibility index (Phi) is 6.70. The number of carbonyl (C=O) groups is 2. The van der Waals surface area contributed by atoms with Crippen LogP contribution in [0, 0.1) is 0 Å². The highest BCUT2D eigenvalue weighted by Gasteiger charge is 2.24. The third kappa shape index (κ3) is 5.74. The number of hydrogen-bond acceptors (Lipinski definition) is 4. The van der Waals surface area contributed by atoms with Gasteiger partial charge in [-0.3, -0.25) is 4.79 Å². The van der Waals surface area contributed by atoms with Gasteiger partial charge in [-0.1, -0.05) is 22.0 Å². The molecule has 6 nitrogen and oxygen atoms in total. The summed E-state index contributed by atoms with van der Waals surface area (Å²) in [6.07, 6.45) is 1.23. The summed E-state index contributed by atoms with van der Waals surface area (Å²) in [6.45, 7) is 3.64. The van der Waals surface area contributed by atoms with E-state index in [9.17, 15) is 9.59 Å². The van der Waals surface area contributed by atoms with Gasteiger partial charge in [-0.25, -0.2) is 4.79 Å². The Balaban J connectivity index is 1.69. The molecule has 0 atom stereocenters. The number of nitrogens with one attached hydrogen (secondary N) is 2. The third-order valence-corrected chi connectivity index (χ3v) is 4.16. The fourth-order valence-corrected chi connectivity index (χ4v) is 2.88. The Morgan fingerprint density at radius 2 is 2.09 bits per heavy atom. The van der Waals surface area contributed by atoms with Crippen LogP contribution < -0.4 is 10.6 Å². The fourth-order valence-electron chi connectivity index (χ4n) is 2.48. The first-order valence-electron chi connectivity index (χ1n) is 7.79. The number of benzene rings is 1. The second kappa shape index (κ2) is 8.76. The lowest BCUT2D eigenvalue weighted by Gasteiger charge is -2.31. The molecule has 2 rings (SSSR count). The summed E-state index contributed by atoms with van der Waals surface area (Å²) < 4.78 is 5.95. The smallest absolute Gasteiger partial charge is 0.409 e. The number of ether oxygens (including phenoxy) is 1. The van der Waals surface area contributed by atoms with E-state index >= 15 is 0 Å². The highest BCUT2D eigenvalue weighted by Crippen LogP contribution is 2.15. The second-order valence-corrected chi connectivity index (χ2v) is 6.31. The van der Waals surface area contributed by atoms with Crippen LogP contribution in [0.3, 0.4) is 0 Å². The monoisotopic (exact) mass is 383 g/mol. The molecular weight excluding hydrogens is 362 g/mol. The summed E-state index contributed by atoms with van der Waals surface area (Å²) in [4.78, 5) is 25.3. The summed E-state index contributed by atoms with van der Waals surface area (Å²) in [6, 6.07) is 7.79. The topological polar surface area (TPSA) is 70.7 Å². The van der Waals surface area contributed by atoms with E-state index in [4.69, 9.17) is 4.74 Å². The molecule has 0 aliphatic carbocycles. The van der Waals surface area contributed by atoms with Crippen molar-refractivity contribution in [3.8, 4) is 0 Å². The molecule has 1 saturated heterocycles. The van der Waals surface area contributed by atoms with Crippen molar-refractivity contribution >= 4 is 33.6 Å². The molecular formula is C16H22BrN3O3. The molecule has 2 N–H and O–H groups in total. The third-order valence-electron chi connectivity index (χ3n) is 3.66. The largest absolute Gasteiger partial charge is 0.450 e. The molecule has 126 valence electrons. The summed E-state index contributed by atoms with van der Waals surface area (Å²) in [7, 11) is 0. The molecule has 0 saturated carbocycles. The lowest BCUT2D eigenvalue weighted by atomic mass is 10.1. The van der Waals surface area contributed by atoms with Crippen molar-refractivity contribution in [2.75, 3.05) is 31.6 Å². The molecule has 0 spiro atoms. The lowest BCUT2D eigenvalue weighted by molar-refractivity contribution is -0.120. The molecule has 2 amide bonds. The summed E-state index contributed by atoms with van der Waals surface area (Å²) >= 11 is 3.39. The Hall–Kier alpha value is -1.76. The predicted molar refractivity (Wildman–Crippen MR) is 92.4 cm³/mol. The van der Waals surface area contributed by atoms with Crippen LogP contribution in [0.15, 0.2) is 28.7 Å². The molecule has 0 bridgehead atoms. The molecule has 0 aromatic heterocycles. The van der Waals surface area contributed by atoms with Gasteiger partial charge in [0.1, 0.15) is 0 Å². The van der Waals surface area contributed by atoms with Crippen LogP contribution >= 0.6 is 15.9 Å². The van der Waals surface area contributed by atoms with Gasteiger partial charge in [-0.2, -0.15) is 0 Å². The highest BCUT2D eigenvalue weighted by atomic mass is 79.9. The lowest BCUT2D eigenvalue weighted by Crippen LogP contribution is -2.47. The molecule has 0 unspecified atom stereocenters. The van der Waals surface area contributed by atoms with Crippen LogP contribution in [0.25, 0.3) is 0 Å². The van der Waals surface area contributed by atoms with Crippen LogP contribution in [-0.2, 0) is 9.53 Å². The number of carbonyl (C=O) groups excluding carboxylic acids is 2. The first-order chi connectivity index (χ1) is 11.1. The van der Waals surface area contributed by atoms with Gasteiger partial charge in [-0.05, 0) is 38.0 Å². The zero-order valence-corrected chi connectivity index (χ0v) is 14.8. The normalized spacial score (nSPS) is 15.1. The van der Waals surface area contributed by atoms with Crippen molar-refractivity contribution in [3.05, 3.63) is 28.7 Å². The predicted octanol–water partition coefficient (Wildman–Crippen LogP) is 2.60. The minimum Gasteiger partial charge on any atom is -0.450 e. The van der Waals surface area contributed by atoms with Crippen molar-refractivity contribution < 1.29 is 14.3 Å². The van der Waals surface area contributed by atoms with Gasteiger partial charge >= 0.3 is 6.09 Å². The number of piperidine rings is 1. The SMILES string of the molecule is CCOC(=O)N1CCC(NC(=O)CNc2cccc(Br)c2)CC1. The Morgan fingerprint density at radius 1 is 1.35 bits per heavy atom. The standard InChI is InChI=1S/C16H22BrN3O3/c1-2-23-16(22)20-8-6-13(7-9-20)19-15(21)11-18-14-5-3-4-12(17)10-14/h3-5,10,13,18H,2,6-9,11H2,1H3,(H,19,21). The first-order valence-corrected chi connectivity index (χ1v) is 8.58. The molecule has 0 radical (unpaired) electrons. The molecule has 1 aromatic rings. The second-order valence-electron chi connectivity index (χ2n) is 5.39. The van der Waals surface area contributed by atoms with E-state index in [0.717, 1.165) is 23.0 Å². The van der Waals surface area contributed by atoms with Gasteiger partial charge in [0.05, 0.1) is 13.2 Å². The number of anilines is 1. The number of rotatable bonds is 5. The van der Waals surface area contributed by atoms with Crippen LogP contribution in [0.1, 0.15) is 19.8 Å². The molecule has 1 heterocycles. The van der Waals surface area contributed by atoms with E-state index in [1.807, 2.05) is 24.3 Å². The summed E-state index contributed by atoms with van der Waals surface area (Å²) in [5, 5.41) is 6.10. The van der Waals surface area contributed by atoms with Gasteiger partial charge in [0.25, 0.3) is 0 Å². The van der Waals surface area contributed by atoms with Crippen molar-refractivity contribution in [3.63, 3.8) is 0 Å². The quantitative estimate of drug-likeness (QED) is 0.819. The van der Waals surface area contributed by atoms with E-state index in [-0.39, 0.29) is 24.6 Å². The Labute approximate surface area is 144 Å². The number of hydrogen-bond donors (Lipinski definition) is 2. The van der Waals surface area contributed by atoms with E-state index in [1.54, 1.807) is 11.8 Å². The number of halogens is 1. The van der Waals surface area contributed by atoms with Gasteiger partial charge in [0, 0.05) is 29.3 Å². The minimum atomic E-state index is -0.270. The van der Waals surface area contributed by atoms with Crippen molar-refractivity contribution in [2.24, 2.45) is 0 Å². The van der Waals surface area contributed by atoms with Crippen LogP contribution in [-0.4, -0.2) is 49.2 Å². The van der Waals surface area contributed by atoms with Crippen molar-refractivity contribution in [1.29, 1.82) is 0 Å². The first kappa shape index (κ1) is 17.6. The Bertz CT molecular complexity index is 545. The van der Waals surface area contributed by atoms with E-state index < -0.39 is 0 Å². The van der Waals surface area contributed by atoms with Gasteiger partial charge in [0.2, 0.25) is 5.91 Å². The maximum Gasteiger partial charge on any atom is 0.409 e. The van der Waals surface area contributed by atoms with Crippen molar-refractivity contribution in [1.82, 2.24) is 10.2 Å². The van der Waals surface area contributed by atoms with Gasteiger partial charge < -0.3 is 20.3 Å². The number of amides is 2. The van der Waals surface area contributed by atoms with Crippen LogP contribution in [0.4, 0.5) is 10.5 Å². The van der Waals surface area contributed by atoms with Gasteiger partial charge in [0.15, 0.2) is 0 Å². The number of likely N-dealkylation sites (tertiary alicyclic amines) is 1. The highest BCUT2D eigenvalue weighted by molar-refractivity contribution is 9.10. The Morgan fingerprint density at radius 3 is 2.74 bits per heavy atom. The van der Waals surface area contributed by atoms with E-state index in [2.05, 4.69) is 26.6 Å². The molecule has 23 heavy (non-hydrogen) atoms. The summed E-state index contributed by atoms with van der Waals surface area (Å²) in [5.41, 5.74) is 0.895. The molecule has 1 aromatic carbocycles. The van der Waals surface area contributed by atoms with Crippen LogP contribution in [0.5, 0.6) is 0 Å². The van der Waals surface area contributed by atoms with E-state index in [0.29, 0.717) is 19.7 Å². The summed E-state index contributed by atoms with van der Waals surface area (Å²) in [5.74, 6) is -0.0421. The molecule has 1 fully saturated rings. The zero-order valence-electron chi connectivity index (χ0n) is 13.2. The van der Waals surface area contributed by atoms with E-state index in [1.165, 1.54) is 0 Å². The molecule has 1 aliphatic heterocycles. The van der Waals surface area contributed by atoms with Gasteiger partial charge in [-0.15, -0.1) is 0 Å². The molecule has 7 heteroatoms. The maximum absolute atomic E-state index is 12.0. The minimum absolute atomic E-state index is 0.0421. The average Bonchev–Trinajstić information content (AvgIpc) is 2.54. The fraction of sp³-hybridized carbons (Fsp3) is 0.500. The van der Waals surface area contributed by atoms with Crippen LogP contribution in [0.2, 0.25) is 0 Å².